The van der Waals surface area contributed by atoms with Gasteiger partial charge in [-0.05, 0) is 87.4 Å². The molecule has 3 aromatic rings. The van der Waals surface area contributed by atoms with E-state index in [0.717, 1.165) is 70.0 Å². The Morgan fingerprint density at radius 2 is 1.81 bits per heavy atom. The van der Waals surface area contributed by atoms with Gasteiger partial charge in [0.15, 0.2) is 11.6 Å². The number of nitrogens with one attached hydrogen (secondary N) is 1. The number of pyridine rings is 2. The zero-order valence-corrected chi connectivity index (χ0v) is 24.5. The smallest absolute Gasteiger partial charge is 0.263 e. The van der Waals surface area contributed by atoms with E-state index in [-0.39, 0.29) is 35.3 Å². The van der Waals surface area contributed by atoms with Gasteiger partial charge in [0, 0.05) is 43.3 Å². The fourth-order valence-electron chi connectivity index (χ4n) is 7.57. The molecule has 3 aromatic heterocycles. The van der Waals surface area contributed by atoms with Crippen molar-refractivity contribution in [3.8, 4) is 0 Å². The lowest BCUT2D eigenvalue weighted by Crippen LogP contribution is -2.30. The Kier molecular flexibility index (Phi) is 8.18. The highest BCUT2D eigenvalue weighted by Crippen LogP contribution is 2.46. The van der Waals surface area contributed by atoms with Gasteiger partial charge < -0.3 is 15.3 Å². The second-order valence-electron chi connectivity index (χ2n) is 12.5. The van der Waals surface area contributed by atoms with Crippen LogP contribution in [0.2, 0.25) is 0 Å². The third-order valence-corrected chi connectivity index (χ3v) is 9.68. The van der Waals surface area contributed by atoms with Crippen LogP contribution in [0.15, 0.2) is 29.3 Å². The minimum absolute atomic E-state index is 0.0345. The van der Waals surface area contributed by atoms with E-state index < -0.39 is 0 Å². The standard InChI is InChI=1S/C32H40N6O4/c1-19-27-15-34-32(36-30(27)38(25-6-3-4-7-25)31(42)29(19)20(2)40)35-28-10-9-21(14-33-28)22-12-23-16-37(17-24(23)13-22)11-5-8-26(41)18-39/h9-10,14-15,22-25,39H,3-8,11-13,16-18H2,1-2H3,(H,33,34,35,36). The highest BCUT2D eigenvalue weighted by Gasteiger charge is 2.41. The summed E-state index contributed by atoms with van der Waals surface area (Å²) in [5, 5.41) is 12.9. The van der Waals surface area contributed by atoms with Crippen molar-refractivity contribution >= 4 is 34.4 Å². The number of aliphatic hydroxyl groups is 1. The van der Waals surface area contributed by atoms with Crippen LogP contribution in [0.1, 0.15) is 91.7 Å². The molecular formula is C32H40N6O4. The summed E-state index contributed by atoms with van der Waals surface area (Å²) in [6.07, 6.45) is 11.2. The molecule has 0 bridgehead atoms. The maximum atomic E-state index is 13.5. The van der Waals surface area contributed by atoms with Gasteiger partial charge in [-0.1, -0.05) is 18.9 Å². The molecule has 42 heavy (non-hydrogen) atoms. The molecular weight excluding hydrogens is 532 g/mol. The van der Waals surface area contributed by atoms with Gasteiger partial charge >= 0.3 is 0 Å². The molecule has 1 saturated heterocycles. The molecule has 4 heterocycles. The summed E-state index contributed by atoms with van der Waals surface area (Å²) in [6, 6.07) is 4.14. The zero-order valence-electron chi connectivity index (χ0n) is 24.5. The van der Waals surface area contributed by atoms with Crippen LogP contribution in [-0.2, 0) is 4.79 Å². The van der Waals surface area contributed by atoms with Crippen LogP contribution in [0.3, 0.4) is 0 Å². The summed E-state index contributed by atoms with van der Waals surface area (Å²) in [5.74, 6) is 2.57. The number of likely N-dealkylation sites (tertiary alicyclic amines) is 1. The van der Waals surface area contributed by atoms with Gasteiger partial charge in [-0.3, -0.25) is 19.0 Å². The maximum absolute atomic E-state index is 13.5. The first kappa shape index (κ1) is 28.6. The second-order valence-corrected chi connectivity index (χ2v) is 12.5. The predicted octanol–water partition coefficient (Wildman–Crippen LogP) is 4.32. The highest BCUT2D eigenvalue weighted by atomic mass is 16.3. The summed E-state index contributed by atoms with van der Waals surface area (Å²) in [7, 11) is 0. The number of aryl methyl sites for hydroxylation is 1. The number of Topliss-reactive ketones (excluding diaryl/α,β-unsaturated/α-hetero) is 2. The van der Waals surface area contributed by atoms with Crippen LogP contribution in [0, 0.1) is 18.8 Å². The molecule has 2 saturated carbocycles. The predicted molar refractivity (Wildman–Crippen MR) is 160 cm³/mol. The SMILES string of the molecule is CC(=O)c1c(C)c2cnc(Nc3ccc(C4CC5CN(CCCC(=O)CO)CC5C4)cn3)nc2n(C2CCCC2)c1=O. The van der Waals surface area contributed by atoms with Crippen LogP contribution in [0.5, 0.6) is 0 Å². The van der Waals surface area contributed by atoms with E-state index in [1.54, 1.807) is 17.7 Å². The molecule has 2 atom stereocenters. The van der Waals surface area contributed by atoms with Crippen molar-refractivity contribution in [2.45, 2.75) is 77.2 Å². The van der Waals surface area contributed by atoms with Gasteiger partial charge in [0.1, 0.15) is 18.1 Å². The molecule has 0 spiro atoms. The Balaban J connectivity index is 1.14. The molecule has 0 aromatic carbocycles. The Labute approximate surface area is 245 Å². The third-order valence-electron chi connectivity index (χ3n) is 9.68. The van der Waals surface area contributed by atoms with Crippen LogP contribution in [-0.4, -0.2) is 67.3 Å². The molecule has 3 aliphatic rings. The number of carbonyl (C=O) groups excluding carboxylic acids is 2. The summed E-state index contributed by atoms with van der Waals surface area (Å²) in [5.41, 5.74) is 2.42. The highest BCUT2D eigenvalue weighted by molar-refractivity contribution is 5.99. The lowest BCUT2D eigenvalue weighted by Gasteiger charge is -2.19. The first-order valence-corrected chi connectivity index (χ1v) is 15.3. The van der Waals surface area contributed by atoms with Crippen LogP contribution in [0.25, 0.3) is 11.0 Å². The van der Waals surface area contributed by atoms with Crippen molar-refractivity contribution < 1.29 is 14.7 Å². The molecule has 2 unspecified atom stereocenters. The maximum Gasteiger partial charge on any atom is 0.263 e. The van der Waals surface area contributed by atoms with Crippen molar-refractivity contribution in [3.05, 3.63) is 51.6 Å². The molecule has 2 aliphatic carbocycles. The van der Waals surface area contributed by atoms with E-state index in [2.05, 4.69) is 26.3 Å². The number of nitrogens with zero attached hydrogens (tertiary/aromatic N) is 5. The van der Waals surface area contributed by atoms with Crippen LogP contribution in [0.4, 0.5) is 11.8 Å². The van der Waals surface area contributed by atoms with Crippen LogP contribution < -0.4 is 10.9 Å². The third kappa shape index (κ3) is 5.62. The Morgan fingerprint density at radius 1 is 1.07 bits per heavy atom. The van der Waals surface area contributed by atoms with Gasteiger partial charge in [0.2, 0.25) is 5.95 Å². The molecule has 222 valence electrons. The van der Waals surface area contributed by atoms with Crippen molar-refractivity contribution in [2.24, 2.45) is 11.8 Å². The average Bonchev–Trinajstić information content (AvgIpc) is 3.71. The molecule has 3 fully saturated rings. The number of aliphatic hydroxyl groups excluding tert-OH is 1. The van der Waals surface area contributed by atoms with Crippen LogP contribution >= 0.6 is 0 Å². The number of aromatic nitrogens is 4. The second kappa shape index (κ2) is 12.0. The van der Waals surface area contributed by atoms with Gasteiger partial charge in [-0.25, -0.2) is 9.97 Å². The normalized spacial score (nSPS) is 22.6. The number of hydrogen-bond donors (Lipinski definition) is 2. The quantitative estimate of drug-likeness (QED) is 0.341. The topological polar surface area (TPSA) is 130 Å². The number of hydrogen-bond acceptors (Lipinski definition) is 9. The summed E-state index contributed by atoms with van der Waals surface area (Å²) in [4.78, 5) is 53.6. The molecule has 1 aliphatic heterocycles. The lowest BCUT2D eigenvalue weighted by molar-refractivity contribution is -0.121. The van der Waals surface area contributed by atoms with Gasteiger partial charge in [-0.15, -0.1) is 0 Å². The number of fused-ring (bicyclic) bond motifs is 2. The monoisotopic (exact) mass is 572 g/mol. The Bertz CT molecular complexity index is 1530. The number of ketones is 2. The van der Waals surface area contributed by atoms with Gasteiger partial charge in [0.05, 0.1) is 5.56 Å². The number of anilines is 2. The summed E-state index contributed by atoms with van der Waals surface area (Å²) in [6.45, 7) is 5.99. The molecule has 0 radical (unpaired) electrons. The van der Waals surface area contributed by atoms with Crippen molar-refractivity contribution in [2.75, 3.05) is 31.6 Å². The van der Waals surface area contributed by atoms with E-state index in [1.165, 1.54) is 12.5 Å². The number of carbonyl (C=O) groups is 2. The van der Waals surface area contributed by atoms with E-state index in [0.29, 0.717) is 47.2 Å². The Morgan fingerprint density at radius 3 is 2.45 bits per heavy atom. The van der Waals surface area contributed by atoms with Crippen molar-refractivity contribution in [3.63, 3.8) is 0 Å². The average molecular weight is 573 g/mol. The van der Waals surface area contributed by atoms with E-state index in [9.17, 15) is 14.4 Å². The molecule has 2 N–H and O–H groups in total. The van der Waals surface area contributed by atoms with E-state index in [1.807, 2.05) is 12.3 Å². The minimum atomic E-state index is -0.351. The molecule has 6 rings (SSSR count). The minimum Gasteiger partial charge on any atom is -0.389 e. The molecule has 10 heteroatoms. The van der Waals surface area contributed by atoms with Gasteiger partial charge in [0.25, 0.3) is 5.56 Å². The van der Waals surface area contributed by atoms with E-state index in [4.69, 9.17) is 10.1 Å². The van der Waals surface area contributed by atoms with Crippen molar-refractivity contribution in [1.29, 1.82) is 0 Å². The van der Waals surface area contributed by atoms with E-state index >= 15 is 0 Å². The fraction of sp³-hybridized carbons (Fsp3) is 0.562. The zero-order chi connectivity index (χ0) is 29.4. The largest absolute Gasteiger partial charge is 0.389 e. The fourth-order valence-corrected chi connectivity index (χ4v) is 7.57. The molecule has 10 nitrogen and oxygen atoms in total. The summed E-state index contributed by atoms with van der Waals surface area (Å²) >= 11 is 0. The van der Waals surface area contributed by atoms with Gasteiger partial charge in [-0.2, -0.15) is 4.98 Å². The first-order valence-electron chi connectivity index (χ1n) is 15.3. The first-order chi connectivity index (χ1) is 20.3. The van der Waals surface area contributed by atoms with Crippen molar-refractivity contribution in [1.82, 2.24) is 24.4 Å². The lowest BCUT2D eigenvalue weighted by atomic mass is 9.97. The Hall–Kier alpha value is -3.50. The number of rotatable bonds is 10. The summed E-state index contributed by atoms with van der Waals surface area (Å²) < 4.78 is 1.72. The molecule has 0 amide bonds.